The van der Waals surface area contributed by atoms with Gasteiger partial charge in [-0.15, -0.1) is 11.8 Å². The summed E-state index contributed by atoms with van der Waals surface area (Å²) in [5.74, 6) is 0.808. The van der Waals surface area contributed by atoms with Gasteiger partial charge in [-0.05, 0) is 51.5 Å². The number of carbonyl (C=O) groups is 3. The summed E-state index contributed by atoms with van der Waals surface area (Å²) >= 11 is 1.46. The fraction of sp³-hybridized carbons (Fsp3) is 0.640. The third kappa shape index (κ3) is 10.1. The lowest BCUT2D eigenvalue weighted by Crippen LogP contribution is -2.49. The Bertz CT molecular complexity index is 779. The number of hydrogen-bond donors (Lipinski definition) is 1. The van der Waals surface area contributed by atoms with E-state index in [4.69, 9.17) is 9.47 Å². The number of likely N-dealkylation sites (tertiary alicyclic amines) is 1. The van der Waals surface area contributed by atoms with Gasteiger partial charge in [0.2, 0.25) is 5.91 Å². The van der Waals surface area contributed by atoms with Crippen LogP contribution < -0.4 is 5.32 Å². The van der Waals surface area contributed by atoms with E-state index in [9.17, 15) is 14.4 Å². The molecule has 1 aliphatic heterocycles. The molecule has 1 aliphatic rings. The van der Waals surface area contributed by atoms with E-state index in [0.29, 0.717) is 24.6 Å². The average Bonchev–Trinajstić information content (AvgIpc) is 3.21. The average molecular weight is 479 g/mol. The molecule has 33 heavy (non-hydrogen) atoms. The second-order valence-corrected chi connectivity index (χ2v) is 10.9. The van der Waals surface area contributed by atoms with Crippen LogP contribution in [-0.2, 0) is 25.7 Å². The summed E-state index contributed by atoms with van der Waals surface area (Å²) in [6.07, 6.45) is 1.71. The predicted octanol–water partition coefficient (Wildman–Crippen LogP) is 4.39. The molecule has 0 unspecified atom stereocenters. The van der Waals surface area contributed by atoms with Gasteiger partial charge in [0.15, 0.2) is 0 Å². The molecule has 0 radical (unpaired) electrons. The number of esters is 1. The van der Waals surface area contributed by atoms with Crippen LogP contribution in [0.2, 0.25) is 0 Å². The van der Waals surface area contributed by atoms with Crippen molar-refractivity contribution in [3.05, 3.63) is 35.9 Å². The Kier molecular flexibility index (Phi) is 10.5. The smallest absolute Gasteiger partial charge is 0.410 e. The van der Waals surface area contributed by atoms with Gasteiger partial charge in [0.25, 0.3) is 0 Å². The monoisotopic (exact) mass is 478 g/mol. The van der Waals surface area contributed by atoms with E-state index in [0.717, 1.165) is 18.4 Å². The van der Waals surface area contributed by atoms with Gasteiger partial charge in [0, 0.05) is 18.3 Å². The van der Waals surface area contributed by atoms with Gasteiger partial charge in [-0.1, -0.05) is 44.2 Å². The lowest BCUT2D eigenvalue weighted by Gasteiger charge is -2.27. The fourth-order valence-electron chi connectivity index (χ4n) is 3.75. The van der Waals surface area contributed by atoms with Crippen molar-refractivity contribution in [2.45, 2.75) is 78.2 Å². The Morgan fingerprint density at radius 1 is 1.18 bits per heavy atom. The molecule has 0 aromatic heterocycles. The third-order valence-corrected chi connectivity index (χ3v) is 6.13. The maximum atomic E-state index is 13.0. The summed E-state index contributed by atoms with van der Waals surface area (Å²) in [6.45, 7) is 10.4. The van der Waals surface area contributed by atoms with Gasteiger partial charge >= 0.3 is 12.1 Å². The highest BCUT2D eigenvalue weighted by Crippen LogP contribution is 2.21. The molecule has 0 spiro atoms. The zero-order chi connectivity index (χ0) is 24.4. The molecule has 1 N–H and O–H groups in total. The minimum absolute atomic E-state index is 0.0901. The highest BCUT2D eigenvalue weighted by molar-refractivity contribution is 7.99. The summed E-state index contributed by atoms with van der Waals surface area (Å²) in [5, 5.41) is 3.11. The first kappa shape index (κ1) is 27.0. The molecule has 1 heterocycles. The quantitative estimate of drug-likeness (QED) is 0.502. The second-order valence-electron chi connectivity index (χ2n) is 9.83. The SMILES string of the molecule is CC(C)C[C@@H](CSCC(=O)OC(C)(C)C)NC(=O)[C@@H]1CCCN1C(=O)OCc1ccccc1. The van der Waals surface area contributed by atoms with Crippen molar-refractivity contribution in [3.63, 3.8) is 0 Å². The highest BCUT2D eigenvalue weighted by atomic mass is 32.2. The summed E-state index contributed by atoms with van der Waals surface area (Å²) in [6, 6.07) is 8.87. The Morgan fingerprint density at radius 2 is 1.88 bits per heavy atom. The fourth-order valence-corrected chi connectivity index (χ4v) is 4.60. The zero-order valence-corrected chi connectivity index (χ0v) is 21.3. The van der Waals surface area contributed by atoms with Crippen LogP contribution in [0.3, 0.4) is 0 Å². The van der Waals surface area contributed by atoms with Crippen LogP contribution in [0.15, 0.2) is 30.3 Å². The van der Waals surface area contributed by atoms with Crippen LogP contribution >= 0.6 is 11.8 Å². The number of amides is 2. The van der Waals surface area contributed by atoms with Crippen LogP contribution in [0.5, 0.6) is 0 Å². The number of hydrogen-bond acceptors (Lipinski definition) is 6. The number of nitrogens with zero attached hydrogens (tertiary/aromatic N) is 1. The van der Waals surface area contributed by atoms with Crippen molar-refractivity contribution in [1.29, 1.82) is 0 Å². The first-order valence-electron chi connectivity index (χ1n) is 11.6. The number of ether oxygens (including phenoxy) is 2. The number of nitrogens with one attached hydrogen (secondary N) is 1. The largest absolute Gasteiger partial charge is 0.459 e. The van der Waals surface area contributed by atoms with Crippen LogP contribution in [0.25, 0.3) is 0 Å². The van der Waals surface area contributed by atoms with E-state index in [1.807, 2.05) is 51.1 Å². The lowest BCUT2D eigenvalue weighted by molar-refractivity contribution is -0.151. The number of rotatable bonds is 10. The molecule has 7 nitrogen and oxygen atoms in total. The molecule has 1 aromatic carbocycles. The second kappa shape index (κ2) is 12.9. The van der Waals surface area contributed by atoms with E-state index in [1.54, 1.807) is 0 Å². The molecule has 8 heteroatoms. The summed E-state index contributed by atoms with van der Waals surface area (Å²) < 4.78 is 10.8. The van der Waals surface area contributed by atoms with Crippen LogP contribution in [0.4, 0.5) is 4.79 Å². The molecule has 0 bridgehead atoms. The molecule has 184 valence electrons. The molecular weight excluding hydrogens is 440 g/mol. The maximum absolute atomic E-state index is 13.0. The van der Waals surface area contributed by atoms with Crippen molar-refractivity contribution < 1.29 is 23.9 Å². The van der Waals surface area contributed by atoms with Crippen molar-refractivity contribution >= 4 is 29.7 Å². The number of thioether (sulfide) groups is 1. The minimum atomic E-state index is -0.529. The van der Waals surface area contributed by atoms with E-state index in [2.05, 4.69) is 19.2 Å². The third-order valence-electron chi connectivity index (χ3n) is 5.06. The van der Waals surface area contributed by atoms with Crippen LogP contribution in [0, 0.1) is 5.92 Å². The molecule has 0 saturated carbocycles. The summed E-state index contributed by atoms with van der Waals surface area (Å²) in [4.78, 5) is 39.2. The Hall–Kier alpha value is -2.22. The maximum Gasteiger partial charge on any atom is 0.410 e. The lowest BCUT2D eigenvalue weighted by atomic mass is 10.0. The van der Waals surface area contributed by atoms with Gasteiger partial charge in [-0.3, -0.25) is 14.5 Å². The highest BCUT2D eigenvalue weighted by Gasteiger charge is 2.36. The van der Waals surface area contributed by atoms with E-state index >= 15 is 0 Å². The zero-order valence-electron chi connectivity index (χ0n) is 20.5. The molecule has 2 rings (SSSR count). The molecule has 1 fully saturated rings. The normalized spacial score (nSPS) is 17.0. The van der Waals surface area contributed by atoms with E-state index in [-0.39, 0.29) is 30.3 Å². The van der Waals surface area contributed by atoms with Gasteiger partial charge < -0.3 is 14.8 Å². The molecule has 0 aliphatic carbocycles. The van der Waals surface area contributed by atoms with Gasteiger partial charge in [0.1, 0.15) is 18.2 Å². The topological polar surface area (TPSA) is 84.9 Å². The van der Waals surface area contributed by atoms with Gasteiger partial charge in [-0.25, -0.2) is 4.79 Å². The molecule has 1 aromatic rings. The van der Waals surface area contributed by atoms with E-state index in [1.165, 1.54) is 16.7 Å². The predicted molar refractivity (Wildman–Crippen MR) is 131 cm³/mol. The Balaban J connectivity index is 1.88. The number of benzene rings is 1. The standard InChI is InChI=1S/C25H38N2O5S/c1-18(2)14-20(16-33-17-22(28)32-25(3,4)5)26-23(29)21-12-9-13-27(21)24(30)31-15-19-10-7-6-8-11-19/h6-8,10-11,18,20-21H,9,12-17H2,1-5H3,(H,26,29)/t20-,21-/m0/s1. The molecule has 2 amide bonds. The molecular formula is C25H38N2O5S. The minimum Gasteiger partial charge on any atom is -0.459 e. The van der Waals surface area contributed by atoms with Crippen molar-refractivity contribution in [2.24, 2.45) is 5.92 Å². The first-order chi connectivity index (χ1) is 15.5. The van der Waals surface area contributed by atoms with Crippen molar-refractivity contribution in [2.75, 3.05) is 18.1 Å². The van der Waals surface area contributed by atoms with Crippen LogP contribution in [-0.4, -0.2) is 58.6 Å². The van der Waals surface area contributed by atoms with Gasteiger partial charge in [-0.2, -0.15) is 0 Å². The molecule has 1 saturated heterocycles. The van der Waals surface area contributed by atoms with E-state index < -0.39 is 17.7 Å². The molecule has 2 atom stereocenters. The Labute approximate surface area is 202 Å². The number of carbonyl (C=O) groups excluding carboxylic acids is 3. The summed E-state index contributed by atoms with van der Waals surface area (Å²) in [5.41, 5.74) is 0.398. The first-order valence-corrected chi connectivity index (χ1v) is 12.8. The van der Waals surface area contributed by atoms with Crippen LogP contribution in [0.1, 0.15) is 59.4 Å². The van der Waals surface area contributed by atoms with Crippen molar-refractivity contribution in [1.82, 2.24) is 10.2 Å². The summed E-state index contributed by atoms with van der Waals surface area (Å²) in [7, 11) is 0. The van der Waals surface area contributed by atoms with Crippen molar-refractivity contribution in [3.8, 4) is 0 Å². The van der Waals surface area contributed by atoms with Gasteiger partial charge in [0.05, 0.1) is 5.75 Å². The Morgan fingerprint density at radius 3 is 2.52 bits per heavy atom.